The fourth-order valence-electron chi connectivity index (χ4n) is 2.58. The highest BCUT2D eigenvalue weighted by molar-refractivity contribution is 7.89. The van der Waals surface area contributed by atoms with E-state index < -0.39 is 10.0 Å². The Balaban J connectivity index is 1.91. The van der Waals surface area contributed by atoms with Crippen molar-refractivity contribution in [3.8, 4) is 5.75 Å². The molecule has 21 heavy (non-hydrogen) atoms. The van der Waals surface area contributed by atoms with Crippen LogP contribution in [0.3, 0.4) is 0 Å². The van der Waals surface area contributed by atoms with E-state index in [1.165, 1.54) is 31.4 Å². The van der Waals surface area contributed by atoms with Gasteiger partial charge in [-0.2, -0.15) is 0 Å². The molecule has 0 spiro atoms. The zero-order valence-corrected chi connectivity index (χ0v) is 12.9. The van der Waals surface area contributed by atoms with Crippen LogP contribution >= 0.6 is 0 Å². The van der Waals surface area contributed by atoms with Gasteiger partial charge < -0.3 is 9.84 Å². The number of hydrogen-bond donors (Lipinski definition) is 2. The van der Waals surface area contributed by atoms with Gasteiger partial charge in [-0.1, -0.05) is 19.3 Å². The van der Waals surface area contributed by atoms with Crippen LogP contribution in [-0.4, -0.2) is 33.3 Å². The Morgan fingerprint density at radius 2 is 1.81 bits per heavy atom. The molecule has 5 nitrogen and oxygen atoms in total. The van der Waals surface area contributed by atoms with Crippen LogP contribution < -0.4 is 9.46 Å². The fourth-order valence-corrected chi connectivity index (χ4v) is 3.70. The summed E-state index contributed by atoms with van der Waals surface area (Å²) in [4.78, 5) is 0.245. The van der Waals surface area contributed by atoms with Gasteiger partial charge in [-0.3, -0.25) is 0 Å². The van der Waals surface area contributed by atoms with Gasteiger partial charge in [0, 0.05) is 6.54 Å². The van der Waals surface area contributed by atoms with Crippen LogP contribution in [0.1, 0.15) is 32.1 Å². The van der Waals surface area contributed by atoms with Crippen molar-refractivity contribution in [1.29, 1.82) is 0 Å². The molecule has 1 aromatic rings. The summed E-state index contributed by atoms with van der Waals surface area (Å²) in [5, 5.41) is 8.67. The number of hydrogen-bond acceptors (Lipinski definition) is 4. The molecule has 0 radical (unpaired) electrons. The molecule has 0 saturated heterocycles. The van der Waals surface area contributed by atoms with E-state index in [4.69, 9.17) is 9.84 Å². The Labute approximate surface area is 126 Å². The summed E-state index contributed by atoms with van der Waals surface area (Å²) in [5.74, 6) is 1.01. The van der Waals surface area contributed by atoms with E-state index in [1.807, 2.05) is 0 Å². The molecule has 0 heterocycles. The zero-order valence-electron chi connectivity index (χ0n) is 12.1. The molecule has 6 heteroatoms. The van der Waals surface area contributed by atoms with Crippen molar-refractivity contribution >= 4 is 10.0 Å². The maximum absolute atomic E-state index is 12.2. The van der Waals surface area contributed by atoms with Gasteiger partial charge in [0.05, 0.1) is 11.5 Å². The van der Waals surface area contributed by atoms with Crippen molar-refractivity contribution in [2.75, 3.05) is 19.8 Å². The van der Waals surface area contributed by atoms with E-state index in [0.717, 1.165) is 12.8 Å². The summed E-state index contributed by atoms with van der Waals surface area (Å²) >= 11 is 0. The highest BCUT2D eigenvalue weighted by atomic mass is 32.2. The average Bonchev–Trinajstić information content (AvgIpc) is 2.52. The Hall–Kier alpha value is -1.11. The van der Waals surface area contributed by atoms with E-state index in [-0.39, 0.29) is 18.1 Å². The van der Waals surface area contributed by atoms with E-state index in [2.05, 4.69) is 4.72 Å². The van der Waals surface area contributed by atoms with Crippen LogP contribution in [0.15, 0.2) is 29.2 Å². The minimum Gasteiger partial charge on any atom is -0.491 e. The molecule has 0 amide bonds. The Bertz CT molecular complexity index is 521. The van der Waals surface area contributed by atoms with Crippen LogP contribution in [0.25, 0.3) is 0 Å². The molecule has 0 atom stereocenters. The molecular formula is C15H23NO4S. The van der Waals surface area contributed by atoms with Crippen LogP contribution in [0.2, 0.25) is 0 Å². The van der Waals surface area contributed by atoms with Crippen LogP contribution in [0, 0.1) is 5.92 Å². The lowest BCUT2D eigenvalue weighted by Gasteiger charge is -2.21. The SMILES string of the molecule is O=S(=O)(NCC1CCCCC1)c1ccc(OCCO)cc1. The van der Waals surface area contributed by atoms with Gasteiger partial charge in [-0.15, -0.1) is 0 Å². The maximum atomic E-state index is 12.2. The third kappa shape index (κ3) is 4.98. The van der Waals surface area contributed by atoms with Crippen molar-refractivity contribution in [1.82, 2.24) is 4.72 Å². The second-order valence-electron chi connectivity index (χ2n) is 5.40. The second kappa shape index (κ2) is 7.77. The molecule has 2 N–H and O–H groups in total. The maximum Gasteiger partial charge on any atom is 0.240 e. The first-order valence-corrected chi connectivity index (χ1v) is 8.93. The third-order valence-corrected chi connectivity index (χ3v) is 5.22. The molecule has 1 aliphatic carbocycles. The summed E-state index contributed by atoms with van der Waals surface area (Å²) in [7, 11) is -3.45. The summed E-state index contributed by atoms with van der Waals surface area (Å²) in [5.41, 5.74) is 0. The third-order valence-electron chi connectivity index (χ3n) is 3.78. The number of nitrogens with one attached hydrogen (secondary N) is 1. The van der Waals surface area contributed by atoms with Crippen LogP contribution in [0.4, 0.5) is 0 Å². The van der Waals surface area contributed by atoms with Crippen molar-refractivity contribution in [3.05, 3.63) is 24.3 Å². The molecule has 0 bridgehead atoms. The standard InChI is InChI=1S/C15H23NO4S/c17-10-11-20-14-6-8-15(9-7-14)21(18,19)16-12-13-4-2-1-3-5-13/h6-9,13,16-17H,1-5,10-12H2. The van der Waals surface area contributed by atoms with Gasteiger partial charge >= 0.3 is 0 Å². The molecule has 0 aliphatic heterocycles. The van der Waals surface area contributed by atoms with E-state index in [0.29, 0.717) is 18.2 Å². The molecule has 1 fully saturated rings. The van der Waals surface area contributed by atoms with E-state index in [1.54, 1.807) is 12.1 Å². The van der Waals surface area contributed by atoms with Crippen LogP contribution in [-0.2, 0) is 10.0 Å². The summed E-state index contributed by atoms with van der Waals surface area (Å²) in [6.45, 7) is 0.653. The summed E-state index contributed by atoms with van der Waals surface area (Å²) in [6, 6.07) is 6.25. The lowest BCUT2D eigenvalue weighted by Crippen LogP contribution is -2.30. The van der Waals surface area contributed by atoms with Gasteiger partial charge in [0.2, 0.25) is 10.0 Å². The Kier molecular flexibility index (Phi) is 6.02. The normalized spacial score (nSPS) is 16.8. The lowest BCUT2D eigenvalue weighted by molar-refractivity contribution is 0.201. The molecule has 118 valence electrons. The first-order chi connectivity index (χ1) is 10.1. The molecule has 2 rings (SSSR count). The largest absolute Gasteiger partial charge is 0.491 e. The van der Waals surface area contributed by atoms with Crippen molar-refractivity contribution in [2.24, 2.45) is 5.92 Å². The monoisotopic (exact) mass is 313 g/mol. The first kappa shape index (κ1) is 16.3. The van der Waals surface area contributed by atoms with Crippen LogP contribution in [0.5, 0.6) is 5.75 Å². The van der Waals surface area contributed by atoms with Gasteiger partial charge in [-0.05, 0) is 43.0 Å². The minimum atomic E-state index is -3.45. The zero-order chi connectivity index (χ0) is 15.1. The van der Waals surface area contributed by atoms with Gasteiger partial charge in [-0.25, -0.2) is 13.1 Å². The molecule has 0 aromatic heterocycles. The smallest absolute Gasteiger partial charge is 0.240 e. The summed E-state index contributed by atoms with van der Waals surface area (Å²) < 4.78 is 32.3. The van der Waals surface area contributed by atoms with E-state index >= 15 is 0 Å². The highest BCUT2D eigenvalue weighted by Crippen LogP contribution is 2.23. The number of aliphatic hydroxyl groups excluding tert-OH is 1. The average molecular weight is 313 g/mol. The highest BCUT2D eigenvalue weighted by Gasteiger charge is 2.18. The fraction of sp³-hybridized carbons (Fsp3) is 0.600. The number of benzene rings is 1. The van der Waals surface area contributed by atoms with E-state index in [9.17, 15) is 8.42 Å². The molecule has 0 unspecified atom stereocenters. The number of sulfonamides is 1. The minimum absolute atomic E-state index is 0.0665. The first-order valence-electron chi connectivity index (χ1n) is 7.45. The number of aliphatic hydroxyl groups is 1. The predicted octanol–water partition coefficient (Wildman–Crippen LogP) is 1.92. The molecule has 1 aliphatic rings. The molecular weight excluding hydrogens is 290 g/mol. The van der Waals surface area contributed by atoms with Gasteiger partial charge in [0.1, 0.15) is 12.4 Å². The Morgan fingerprint density at radius 3 is 2.43 bits per heavy atom. The topological polar surface area (TPSA) is 75.6 Å². The second-order valence-corrected chi connectivity index (χ2v) is 7.17. The number of ether oxygens (including phenoxy) is 1. The van der Waals surface area contributed by atoms with Gasteiger partial charge in [0.15, 0.2) is 0 Å². The summed E-state index contributed by atoms with van der Waals surface area (Å²) in [6.07, 6.45) is 5.87. The van der Waals surface area contributed by atoms with Crippen molar-refractivity contribution in [3.63, 3.8) is 0 Å². The number of rotatable bonds is 7. The Morgan fingerprint density at radius 1 is 1.14 bits per heavy atom. The van der Waals surface area contributed by atoms with Crippen molar-refractivity contribution < 1.29 is 18.3 Å². The predicted molar refractivity (Wildman–Crippen MR) is 80.8 cm³/mol. The molecule has 1 aromatic carbocycles. The van der Waals surface area contributed by atoms with Crippen molar-refractivity contribution in [2.45, 2.75) is 37.0 Å². The molecule has 1 saturated carbocycles. The van der Waals surface area contributed by atoms with Gasteiger partial charge in [0.25, 0.3) is 0 Å². The quantitative estimate of drug-likeness (QED) is 0.806. The lowest BCUT2D eigenvalue weighted by atomic mass is 9.90.